The Labute approximate surface area is 160 Å². The molecule has 4 aromatic rings. The van der Waals surface area contributed by atoms with E-state index in [4.69, 9.17) is 0 Å². The fourth-order valence-electron chi connectivity index (χ4n) is 6.02. The summed E-state index contributed by atoms with van der Waals surface area (Å²) in [6, 6.07) is 31.9. The Bertz CT molecular complexity index is 1210. The van der Waals surface area contributed by atoms with Gasteiger partial charge in [-0.05, 0) is 56.0 Å². The summed E-state index contributed by atoms with van der Waals surface area (Å²) in [7, 11) is 0. The van der Waals surface area contributed by atoms with Gasteiger partial charge < -0.3 is 0 Å². The molecule has 0 heteroatoms. The van der Waals surface area contributed by atoms with E-state index in [0.29, 0.717) is 11.8 Å². The molecule has 0 nitrogen and oxygen atoms in total. The third-order valence-corrected chi connectivity index (χ3v) is 7.28. The number of hydrogen-bond donors (Lipinski definition) is 0. The van der Waals surface area contributed by atoms with Crippen molar-refractivity contribution in [3.63, 3.8) is 0 Å². The third-order valence-electron chi connectivity index (χ3n) is 7.28. The first kappa shape index (κ1) is 15.2. The van der Waals surface area contributed by atoms with Crippen molar-refractivity contribution in [1.29, 1.82) is 0 Å². The Kier molecular flexibility index (Phi) is 2.88. The zero-order chi connectivity index (χ0) is 18.2. The van der Waals surface area contributed by atoms with Gasteiger partial charge in [0.25, 0.3) is 0 Å². The lowest BCUT2D eigenvalue weighted by Gasteiger charge is -2.43. The predicted octanol–water partition coefficient (Wildman–Crippen LogP) is 6.91. The average Bonchev–Trinajstić information content (AvgIpc) is 2.95. The second-order valence-corrected chi connectivity index (χ2v) is 8.23. The van der Waals surface area contributed by atoms with Crippen LogP contribution in [0.4, 0.5) is 0 Å². The van der Waals surface area contributed by atoms with Crippen LogP contribution in [0.5, 0.6) is 0 Å². The van der Waals surface area contributed by atoms with E-state index in [-0.39, 0.29) is 5.41 Å². The maximum absolute atomic E-state index is 2.45. The van der Waals surface area contributed by atoms with E-state index in [2.05, 4.69) is 98.8 Å². The van der Waals surface area contributed by atoms with Crippen molar-refractivity contribution in [2.75, 3.05) is 0 Å². The van der Waals surface area contributed by atoms with Crippen LogP contribution in [0, 0.1) is 5.92 Å². The van der Waals surface area contributed by atoms with Gasteiger partial charge in [-0.1, -0.05) is 98.8 Å². The quantitative estimate of drug-likeness (QED) is 0.324. The molecule has 0 radical (unpaired) electrons. The molecule has 0 fully saturated rings. The molecule has 27 heavy (non-hydrogen) atoms. The molecule has 0 heterocycles. The van der Waals surface area contributed by atoms with Gasteiger partial charge in [0.05, 0.1) is 0 Å². The highest BCUT2D eigenvalue weighted by molar-refractivity contribution is 6.04. The van der Waals surface area contributed by atoms with Gasteiger partial charge in [0.1, 0.15) is 0 Å². The molecule has 130 valence electrons. The smallest absolute Gasteiger partial charge is 0.0497 e. The minimum absolute atomic E-state index is 0.0690. The Balaban J connectivity index is 1.89. The van der Waals surface area contributed by atoms with Crippen molar-refractivity contribution < 1.29 is 0 Å². The van der Waals surface area contributed by atoms with Crippen molar-refractivity contribution in [2.24, 2.45) is 5.92 Å². The van der Waals surface area contributed by atoms with Crippen molar-refractivity contribution in [2.45, 2.75) is 25.2 Å². The Morgan fingerprint density at radius 3 is 2.07 bits per heavy atom. The van der Waals surface area contributed by atoms with Crippen LogP contribution >= 0.6 is 0 Å². The average molecular weight is 346 g/mol. The third kappa shape index (κ3) is 1.65. The van der Waals surface area contributed by atoms with Gasteiger partial charge in [-0.2, -0.15) is 0 Å². The first-order valence-corrected chi connectivity index (χ1v) is 9.96. The minimum atomic E-state index is -0.0690. The van der Waals surface area contributed by atoms with Crippen molar-refractivity contribution in [1.82, 2.24) is 0 Å². The molecule has 0 aromatic heterocycles. The summed E-state index contributed by atoms with van der Waals surface area (Å²) in [5.41, 5.74) is 8.68. The van der Waals surface area contributed by atoms with Crippen LogP contribution < -0.4 is 0 Å². The normalized spacial score (nSPS) is 24.8. The molecule has 2 aliphatic rings. The topological polar surface area (TPSA) is 0 Å². The second-order valence-electron chi connectivity index (χ2n) is 8.23. The molecule has 0 bridgehead atoms. The maximum atomic E-state index is 2.45. The van der Waals surface area contributed by atoms with Gasteiger partial charge in [0.2, 0.25) is 0 Å². The molecule has 0 amide bonds. The van der Waals surface area contributed by atoms with E-state index in [9.17, 15) is 0 Å². The summed E-state index contributed by atoms with van der Waals surface area (Å²) >= 11 is 0. The maximum Gasteiger partial charge on any atom is 0.0497 e. The summed E-state index contributed by atoms with van der Waals surface area (Å²) in [6.45, 7) is 4.86. The van der Waals surface area contributed by atoms with Gasteiger partial charge in [0, 0.05) is 5.41 Å². The minimum Gasteiger partial charge on any atom is -0.0620 e. The number of rotatable bonds is 0. The van der Waals surface area contributed by atoms with Crippen LogP contribution in [-0.2, 0) is 5.41 Å². The first-order chi connectivity index (χ1) is 13.2. The number of hydrogen-bond acceptors (Lipinski definition) is 0. The van der Waals surface area contributed by atoms with E-state index in [0.717, 1.165) is 0 Å². The first-order valence-electron chi connectivity index (χ1n) is 9.96. The van der Waals surface area contributed by atoms with Crippen LogP contribution in [-0.4, -0.2) is 0 Å². The molecule has 1 unspecified atom stereocenters. The van der Waals surface area contributed by atoms with E-state index in [1.54, 1.807) is 0 Å². The largest absolute Gasteiger partial charge is 0.0620 e. The van der Waals surface area contributed by atoms with E-state index in [1.807, 2.05) is 0 Å². The van der Waals surface area contributed by atoms with E-state index < -0.39 is 0 Å². The fraction of sp³-hybridized carbons (Fsp3) is 0.185. The van der Waals surface area contributed by atoms with Crippen LogP contribution in [0.1, 0.15) is 42.0 Å². The van der Waals surface area contributed by atoms with Crippen molar-refractivity contribution in [3.8, 4) is 11.1 Å². The van der Waals surface area contributed by atoms with Crippen molar-refractivity contribution >= 4 is 10.8 Å². The van der Waals surface area contributed by atoms with Crippen LogP contribution in [0.3, 0.4) is 0 Å². The van der Waals surface area contributed by atoms with Crippen LogP contribution in [0.2, 0.25) is 0 Å². The molecule has 0 saturated carbocycles. The zero-order valence-corrected chi connectivity index (χ0v) is 15.7. The molecular weight excluding hydrogens is 324 g/mol. The van der Waals surface area contributed by atoms with E-state index in [1.165, 1.54) is 44.2 Å². The monoisotopic (exact) mass is 346 g/mol. The van der Waals surface area contributed by atoms with Gasteiger partial charge in [-0.15, -0.1) is 0 Å². The summed E-state index contributed by atoms with van der Waals surface area (Å²) in [5, 5.41) is 2.79. The molecule has 4 aromatic carbocycles. The number of benzene rings is 4. The SMILES string of the molecule is C[C@@H]1c2ccccc2C2(c3ccccc3-c3cccc4cccc2c34)[C@@H]1C. The van der Waals surface area contributed by atoms with Crippen LogP contribution in [0.25, 0.3) is 21.9 Å². The lowest BCUT2D eigenvalue weighted by Crippen LogP contribution is -2.36. The summed E-state index contributed by atoms with van der Waals surface area (Å²) in [5.74, 6) is 1.05. The fourth-order valence-corrected chi connectivity index (χ4v) is 6.02. The molecule has 6 rings (SSSR count). The Morgan fingerprint density at radius 2 is 1.22 bits per heavy atom. The highest BCUT2D eigenvalue weighted by atomic mass is 14.5. The van der Waals surface area contributed by atoms with Gasteiger partial charge in [-0.25, -0.2) is 0 Å². The van der Waals surface area contributed by atoms with Crippen molar-refractivity contribution in [3.05, 3.63) is 107 Å². The van der Waals surface area contributed by atoms with E-state index >= 15 is 0 Å². The lowest BCUT2D eigenvalue weighted by molar-refractivity contribution is 0.396. The standard InChI is InChI=1S/C27H22/c1-17-18(2)27(23-14-5-3-11-20(17)23)24-15-6-4-12-21(24)22-13-7-9-19-10-8-16-25(27)26(19)22/h3-18H,1-2H3/t17-,18+,27?/m0/s1. The second kappa shape index (κ2) is 5.10. The van der Waals surface area contributed by atoms with Gasteiger partial charge in [0.15, 0.2) is 0 Å². The molecule has 3 atom stereocenters. The Morgan fingerprint density at radius 1 is 0.593 bits per heavy atom. The lowest BCUT2D eigenvalue weighted by atomic mass is 9.59. The summed E-state index contributed by atoms with van der Waals surface area (Å²) in [4.78, 5) is 0. The molecule has 1 spiro atoms. The molecule has 0 saturated heterocycles. The van der Waals surface area contributed by atoms with Crippen LogP contribution in [0.15, 0.2) is 84.9 Å². The summed E-state index contributed by atoms with van der Waals surface area (Å²) < 4.78 is 0. The zero-order valence-electron chi connectivity index (χ0n) is 15.7. The summed E-state index contributed by atoms with van der Waals surface area (Å²) in [6.07, 6.45) is 0. The predicted molar refractivity (Wildman–Crippen MR) is 113 cm³/mol. The van der Waals surface area contributed by atoms with Gasteiger partial charge >= 0.3 is 0 Å². The van der Waals surface area contributed by atoms with Gasteiger partial charge in [-0.3, -0.25) is 0 Å². The highest BCUT2D eigenvalue weighted by Crippen LogP contribution is 2.62. The number of fused-ring (bicyclic) bond motifs is 6. The molecular formula is C27H22. The highest BCUT2D eigenvalue weighted by Gasteiger charge is 2.53. The Hall–Kier alpha value is -2.86. The molecule has 2 aliphatic carbocycles. The molecule has 0 N–H and O–H groups in total. The molecule has 0 aliphatic heterocycles.